The van der Waals surface area contributed by atoms with Crippen LogP contribution in [0.1, 0.15) is 153 Å². The van der Waals surface area contributed by atoms with Gasteiger partial charge in [0.05, 0.1) is 11.2 Å². The highest BCUT2D eigenvalue weighted by Gasteiger charge is 2.14. The molecule has 44 heavy (non-hydrogen) atoms. The lowest BCUT2D eigenvalue weighted by Crippen LogP contribution is -2.20. The van der Waals surface area contributed by atoms with Gasteiger partial charge in [-0.3, -0.25) is 0 Å². The second-order valence-corrected chi connectivity index (χ2v) is 15.4. The number of rotatable bonds is 26. The Labute approximate surface area is 276 Å². The largest absolute Gasteiger partial charge is 0.378 e. The molecule has 2 nitrogen and oxygen atoms in total. The number of allylic oxidation sites excluding steroid dienone is 8. The van der Waals surface area contributed by atoms with E-state index in [4.69, 9.17) is 9.47 Å². The van der Waals surface area contributed by atoms with E-state index in [-0.39, 0.29) is 11.2 Å². The van der Waals surface area contributed by atoms with Gasteiger partial charge >= 0.3 is 0 Å². The molecule has 5 unspecified atom stereocenters. The molecule has 0 rings (SSSR count). The Kier molecular flexibility index (Phi) is 24.0. The SMILES string of the molecule is COC(C)(C)C/C=C/C(C)=C/C=C/C(C)CCCC(C)CCCCC(C)CCCC(C)/C=C/CC(C)/C=C/CC(C)(C)OC. The highest BCUT2D eigenvalue weighted by atomic mass is 16.5. The fourth-order valence-electron chi connectivity index (χ4n) is 5.38. The van der Waals surface area contributed by atoms with E-state index in [1.807, 2.05) is 0 Å². The third kappa shape index (κ3) is 25.9. The number of methoxy groups -OCH3 is 2. The molecular weight excluding hydrogens is 536 g/mol. The summed E-state index contributed by atoms with van der Waals surface area (Å²) in [5.74, 6) is 3.64. The van der Waals surface area contributed by atoms with E-state index in [0.717, 1.165) is 31.1 Å². The summed E-state index contributed by atoms with van der Waals surface area (Å²) >= 11 is 0. The minimum Gasteiger partial charge on any atom is -0.378 e. The fourth-order valence-corrected chi connectivity index (χ4v) is 5.38. The topological polar surface area (TPSA) is 18.5 Å². The summed E-state index contributed by atoms with van der Waals surface area (Å²) in [5.41, 5.74) is 1.14. The highest BCUT2D eigenvalue weighted by molar-refractivity contribution is 5.22. The van der Waals surface area contributed by atoms with Gasteiger partial charge in [0.1, 0.15) is 0 Å². The van der Waals surface area contributed by atoms with Crippen LogP contribution in [0, 0.1) is 29.6 Å². The van der Waals surface area contributed by atoms with Crippen molar-refractivity contribution in [3.8, 4) is 0 Å². The van der Waals surface area contributed by atoms with E-state index < -0.39 is 0 Å². The van der Waals surface area contributed by atoms with Gasteiger partial charge < -0.3 is 9.47 Å². The minimum absolute atomic E-state index is 0.0633. The van der Waals surface area contributed by atoms with Crippen LogP contribution in [0.4, 0.5) is 0 Å². The van der Waals surface area contributed by atoms with Gasteiger partial charge in [0.15, 0.2) is 0 Å². The van der Waals surface area contributed by atoms with Crippen LogP contribution >= 0.6 is 0 Å². The van der Waals surface area contributed by atoms with Crippen molar-refractivity contribution in [3.05, 3.63) is 60.3 Å². The molecule has 0 saturated heterocycles. The summed E-state index contributed by atoms with van der Waals surface area (Å²) in [6.45, 7) is 22.7. The molecule has 0 aromatic carbocycles. The van der Waals surface area contributed by atoms with Crippen LogP contribution < -0.4 is 0 Å². The highest BCUT2D eigenvalue weighted by Crippen LogP contribution is 2.23. The predicted molar refractivity (Wildman–Crippen MR) is 198 cm³/mol. The third-order valence-corrected chi connectivity index (χ3v) is 9.30. The Morgan fingerprint density at radius 1 is 0.568 bits per heavy atom. The molecule has 0 aliphatic rings. The van der Waals surface area contributed by atoms with Crippen molar-refractivity contribution in [1.82, 2.24) is 0 Å². The second-order valence-electron chi connectivity index (χ2n) is 15.4. The number of ether oxygens (including phenoxy) is 2. The zero-order valence-electron chi connectivity index (χ0n) is 31.6. The van der Waals surface area contributed by atoms with E-state index in [0.29, 0.717) is 17.8 Å². The first-order valence-corrected chi connectivity index (χ1v) is 18.1. The van der Waals surface area contributed by atoms with Crippen LogP contribution in [-0.2, 0) is 9.47 Å². The molecule has 256 valence electrons. The summed E-state index contributed by atoms with van der Waals surface area (Å²) in [5, 5.41) is 0. The molecule has 5 atom stereocenters. The summed E-state index contributed by atoms with van der Waals surface area (Å²) < 4.78 is 11.0. The van der Waals surface area contributed by atoms with Crippen LogP contribution in [0.5, 0.6) is 0 Å². The number of hydrogen-bond donors (Lipinski definition) is 0. The normalized spacial score (nSPS) is 17.3. The van der Waals surface area contributed by atoms with E-state index in [2.05, 4.69) is 124 Å². The number of unbranched alkanes of at least 4 members (excludes halogenated alkanes) is 1. The van der Waals surface area contributed by atoms with Crippen molar-refractivity contribution >= 4 is 0 Å². The van der Waals surface area contributed by atoms with Gasteiger partial charge in [0.25, 0.3) is 0 Å². The minimum atomic E-state index is -0.0893. The Morgan fingerprint density at radius 2 is 1.02 bits per heavy atom. The monoisotopic (exact) mass is 613 g/mol. The lowest BCUT2D eigenvalue weighted by molar-refractivity contribution is 0.0251. The van der Waals surface area contributed by atoms with Gasteiger partial charge in [0.2, 0.25) is 0 Å². The van der Waals surface area contributed by atoms with Gasteiger partial charge in [-0.1, -0.05) is 146 Å². The molecule has 0 spiro atoms. The van der Waals surface area contributed by atoms with Crippen LogP contribution in [0.15, 0.2) is 60.3 Å². The van der Waals surface area contributed by atoms with Crippen molar-refractivity contribution in [3.63, 3.8) is 0 Å². The molecule has 0 heterocycles. The van der Waals surface area contributed by atoms with Crippen molar-refractivity contribution in [1.29, 1.82) is 0 Å². The first kappa shape index (κ1) is 42.6. The molecule has 0 aliphatic carbocycles. The Hall–Kier alpha value is -1.38. The zero-order chi connectivity index (χ0) is 33.4. The smallest absolute Gasteiger partial charge is 0.0657 e. The summed E-state index contributed by atoms with van der Waals surface area (Å²) in [4.78, 5) is 0. The van der Waals surface area contributed by atoms with Crippen LogP contribution in [0.25, 0.3) is 0 Å². The maximum Gasteiger partial charge on any atom is 0.0657 e. The molecule has 0 aromatic heterocycles. The van der Waals surface area contributed by atoms with Crippen molar-refractivity contribution < 1.29 is 9.47 Å². The lowest BCUT2D eigenvalue weighted by atomic mass is 9.91. The average molecular weight is 613 g/mol. The molecule has 0 fully saturated rings. The summed E-state index contributed by atoms with van der Waals surface area (Å²) in [7, 11) is 3.57. The van der Waals surface area contributed by atoms with Crippen molar-refractivity contribution in [2.24, 2.45) is 29.6 Å². The first-order chi connectivity index (χ1) is 20.7. The molecule has 0 N–H and O–H groups in total. The lowest BCUT2D eigenvalue weighted by Gasteiger charge is -2.20. The van der Waals surface area contributed by atoms with E-state index in [1.165, 1.54) is 69.8 Å². The predicted octanol–water partition coefficient (Wildman–Crippen LogP) is 13.3. The van der Waals surface area contributed by atoms with Crippen molar-refractivity contribution in [2.75, 3.05) is 14.2 Å². The van der Waals surface area contributed by atoms with E-state index >= 15 is 0 Å². The molecule has 0 amide bonds. The van der Waals surface area contributed by atoms with Crippen LogP contribution in [0.2, 0.25) is 0 Å². The van der Waals surface area contributed by atoms with Gasteiger partial charge in [-0.05, 0) is 96.3 Å². The molecule has 0 radical (unpaired) electrons. The van der Waals surface area contributed by atoms with Gasteiger partial charge in [-0.2, -0.15) is 0 Å². The van der Waals surface area contributed by atoms with Crippen molar-refractivity contribution in [2.45, 2.75) is 164 Å². The Bertz CT molecular complexity index is 840. The quantitative estimate of drug-likeness (QED) is 0.0549. The zero-order valence-corrected chi connectivity index (χ0v) is 31.6. The summed E-state index contributed by atoms with van der Waals surface area (Å²) in [6, 6.07) is 0. The Balaban J connectivity index is 3.96. The second kappa shape index (κ2) is 24.8. The number of hydrogen-bond acceptors (Lipinski definition) is 2. The molecule has 0 aromatic rings. The molecular formula is C42H76O2. The first-order valence-electron chi connectivity index (χ1n) is 18.1. The maximum atomic E-state index is 5.50. The Morgan fingerprint density at radius 3 is 1.55 bits per heavy atom. The van der Waals surface area contributed by atoms with Crippen LogP contribution in [-0.4, -0.2) is 25.4 Å². The van der Waals surface area contributed by atoms with Gasteiger partial charge in [-0.25, -0.2) is 0 Å². The van der Waals surface area contributed by atoms with Gasteiger partial charge in [-0.15, -0.1) is 0 Å². The summed E-state index contributed by atoms with van der Waals surface area (Å²) in [6.07, 6.45) is 37.4. The molecule has 0 aliphatic heterocycles. The maximum absolute atomic E-state index is 5.50. The third-order valence-electron chi connectivity index (χ3n) is 9.30. The average Bonchev–Trinajstić information content (AvgIpc) is 2.95. The molecule has 0 bridgehead atoms. The molecule has 2 heteroatoms. The molecule has 0 saturated carbocycles. The van der Waals surface area contributed by atoms with E-state index in [9.17, 15) is 0 Å². The van der Waals surface area contributed by atoms with Crippen LogP contribution in [0.3, 0.4) is 0 Å². The fraction of sp³-hybridized carbons (Fsp3) is 0.762. The standard InChI is InChI=1S/C42H76O2/c1-35(23-15-25-37(3)27-17-29-39(5)31-19-33-41(7,8)43-11)21-13-14-22-36(2)24-16-26-38(4)28-18-30-40(6)32-20-34-42(9,10)44-12/h17-20,27-29,31-32,35-38,40H,13-16,21-26,30,33-34H2,1-12H3/b27-17+,28-18+,31-19+,32-20+,39-29+. The van der Waals surface area contributed by atoms with Gasteiger partial charge in [0, 0.05) is 14.2 Å². The van der Waals surface area contributed by atoms with E-state index in [1.54, 1.807) is 14.2 Å².